The minimum Gasteiger partial charge on any atom is -0.497 e. The Labute approximate surface area is 195 Å². The van der Waals surface area contributed by atoms with Crippen molar-refractivity contribution in [1.82, 2.24) is 15.2 Å². The monoisotopic (exact) mass is 445 g/mol. The number of hydrogen-bond donors (Lipinski definition) is 1. The smallest absolute Gasteiger partial charge is 0.224 e. The summed E-state index contributed by atoms with van der Waals surface area (Å²) in [6.45, 7) is 3.31. The zero-order chi connectivity index (χ0) is 22.9. The molecule has 3 aromatic rings. The first-order chi connectivity index (χ1) is 16.2. The Kier molecular flexibility index (Phi) is 7.93. The van der Waals surface area contributed by atoms with E-state index in [4.69, 9.17) is 9.47 Å². The molecule has 1 aromatic heterocycles. The number of amides is 1. The number of pyridine rings is 1. The van der Waals surface area contributed by atoms with Gasteiger partial charge in [0.25, 0.3) is 0 Å². The lowest BCUT2D eigenvalue weighted by Crippen LogP contribution is -2.42. The van der Waals surface area contributed by atoms with Crippen molar-refractivity contribution < 1.29 is 14.3 Å². The maximum Gasteiger partial charge on any atom is 0.224 e. The quantitative estimate of drug-likeness (QED) is 0.538. The summed E-state index contributed by atoms with van der Waals surface area (Å²) in [4.78, 5) is 20.0. The zero-order valence-corrected chi connectivity index (χ0v) is 19.0. The molecule has 172 valence electrons. The van der Waals surface area contributed by atoms with E-state index < -0.39 is 0 Å². The van der Waals surface area contributed by atoms with Gasteiger partial charge in [-0.05, 0) is 67.9 Å². The summed E-state index contributed by atoms with van der Waals surface area (Å²) in [5.74, 6) is 1.77. The fourth-order valence-electron chi connectivity index (χ4n) is 4.16. The van der Waals surface area contributed by atoms with E-state index in [2.05, 4.69) is 15.2 Å². The van der Waals surface area contributed by atoms with Crippen LogP contribution in [0.25, 0.3) is 0 Å². The molecular weight excluding hydrogens is 414 g/mol. The highest BCUT2D eigenvalue weighted by Gasteiger charge is 2.27. The van der Waals surface area contributed by atoms with E-state index in [9.17, 15) is 4.79 Å². The molecule has 0 aliphatic carbocycles. The fourth-order valence-corrected chi connectivity index (χ4v) is 4.16. The van der Waals surface area contributed by atoms with Gasteiger partial charge in [0.15, 0.2) is 0 Å². The van der Waals surface area contributed by atoms with Crippen LogP contribution in [0, 0.1) is 5.92 Å². The molecule has 2 heterocycles. The third-order valence-electron chi connectivity index (χ3n) is 6.10. The van der Waals surface area contributed by atoms with E-state index in [1.54, 1.807) is 13.3 Å². The van der Waals surface area contributed by atoms with E-state index in [1.165, 1.54) is 0 Å². The molecule has 1 N–H and O–H groups in total. The number of hydrogen-bond acceptors (Lipinski definition) is 5. The third-order valence-corrected chi connectivity index (χ3v) is 6.10. The van der Waals surface area contributed by atoms with Gasteiger partial charge in [-0.1, -0.05) is 36.4 Å². The van der Waals surface area contributed by atoms with Gasteiger partial charge in [0.1, 0.15) is 18.1 Å². The van der Waals surface area contributed by atoms with E-state index in [0.717, 1.165) is 55.2 Å². The molecule has 0 bridgehead atoms. The lowest BCUT2D eigenvalue weighted by molar-refractivity contribution is -0.127. The molecule has 1 aliphatic rings. The van der Waals surface area contributed by atoms with Gasteiger partial charge in [-0.25, -0.2) is 0 Å². The Morgan fingerprint density at radius 2 is 1.73 bits per heavy atom. The number of methoxy groups -OCH3 is 1. The van der Waals surface area contributed by atoms with Crippen LogP contribution in [0.2, 0.25) is 0 Å². The number of carbonyl (C=O) groups excluding carboxylic acids is 1. The lowest BCUT2D eigenvalue weighted by Gasteiger charge is -2.32. The molecule has 6 nitrogen and oxygen atoms in total. The lowest BCUT2D eigenvalue weighted by atomic mass is 9.94. The molecule has 0 spiro atoms. The fraction of sp³-hybridized carbons (Fsp3) is 0.333. The number of nitrogens with one attached hydrogen (secondary N) is 1. The molecule has 0 unspecified atom stereocenters. The highest BCUT2D eigenvalue weighted by atomic mass is 16.5. The number of rotatable bonds is 9. The summed E-state index contributed by atoms with van der Waals surface area (Å²) in [7, 11) is 1.65. The van der Waals surface area contributed by atoms with Crippen molar-refractivity contribution >= 4 is 5.91 Å². The van der Waals surface area contributed by atoms with E-state index in [-0.39, 0.29) is 17.9 Å². The Balaban J connectivity index is 1.32. The molecule has 2 aromatic carbocycles. The molecule has 4 rings (SSSR count). The highest BCUT2D eigenvalue weighted by molar-refractivity contribution is 5.79. The average molecular weight is 446 g/mol. The van der Waals surface area contributed by atoms with Crippen LogP contribution in [0.15, 0.2) is 79.0 Å². The second-order valence-electron chi connectivity index (χ2n) is 8.25. The molecule has 1 saturated heterocycles. The van der Waals surface area contributed by atoms with Crippen LogP contribution in [0.5, 0.6) is 11.5 Å². The van der Waals surface area contributed by atoms with E-state index in [1.807, 2.05) is 72.8 Å². The molecule has 6 heteroatoms. The Morgan fingerprint density at radius 3 is 2.39 bits per heavy atom. The molecule has 0 radical (unpaired) electrons. The first-order valence-corrected chi connectivity index (χ1v) is 11.5. The molecule has 33 heavy (non-hydrogen) atoms. The van der Waals surface area contributed by atoms with Gasteiger partial charge in [0, 0.05) is 18.7 Å². The minimum absolute atomic E-state index is 0.000697. The summed E-state index contributed by atoms with van der Waals surface area (Å²) >= 11 is 0. The van der Waals surface area contributed by atoms with Gasteiger partial charge in [-0.2, -0.15) is 0 Å². The van der Waals surface area contributed by atoms with Crippen LogP contribution in [0.4, 0.5) is 0 Å². The maximum absolute atomic E-state index is 13.2. The van der Waals surface area contributed by atoms with Crippen molar-refractivity contribution in [2.45, 2.75) is 18.9 Å². The predicted octanol–water partition coefficient (Wildman–Crippen LogP) is 4.09. The van der Waals surface area contributed by atoms with Crippen LogP contribution < -0.4 is 14.8 Å². The average Bonchev–Trinajstić information content (AvgIpc) is 2.89. The normalized spacial score (nSPS) is 15.5. The zero-order valence-electron chi connectivity index (χ0n) is 19.0. The largest absolute Gasteiger partial charge is 0.497 e. The van der Waals surface area contributed by atoms with Gasteiger partial charge in [0.05, 0.1) is 18.8 Å². The second kappa shape index (κ2) is 11.5. The first-order valence-electron chi connectivity index (χ1n) is 11.5. The third kappa shape index (κ3) is 6.33. The molecule has 0 saturated carbocycles. The van der Waals surface area contributed by atoms with Crippen molar-refractivity contribution in [3.63, 3.8) is 0 Å². The van der Waals surface area contributed by atoms with Crippen molar-refractivity contribution in [1.29, 1.82) is 0 Å². The second-order valence-corrected chi connectivity index (χ2v) is 8.25. The molecule has 1 fully saturated rings. The van der Waals surface area contributed by atoms with Crippen molar-refractivity contribution in [2.75, 3.05) is 33.4 Å². The number of likely N-dealkylation sites (tertiary alicyclic amines) is 1. The topological polar surface area (TPSA) is 63.7 Å². The predicted molar refractivity (Wildman–Crippen MR) is 128 cm³/mol. The summed E-state index contributed by atoms with van der Waals surface area (Å²) in [5.41, 5.74) is 1.81. The molecule has 1 amide bonds. The van der Waals surface area contributed by atoms with Gasteiger partial charge >= 0.3 is 0 Å². The SMILES string of the molecule is COc1ccc([C@@H](NC(=O)C2CCN(CCOc3ccccc3)CC2)c2ccccn2)cc1. The number of ether oxygens (including phenoxy) is 2. The summed E-state index contributed by atoms with van der Waals surface area (Å²) in [5, 5.41) is 3.25. The summed E-state index contributed by atoms with van der Waals surface area (Å²) < 4.78 is 11.1. The minimum atomic E-state index is -0.290. The number of aromatic nitrogens is 1. The number of piperidine rings is 1. The van der Waals surface area contributed by atoms with E-state index >= 15 is 0 Å². The number of nitrogens with zero attached hydrogens (tertiary/aromatic N) is 2. The van der Waals surface area contributed by atoms with Crippen molar-refractivity contribution in [2.24, 2.45) is 5.92 Å². The van der Waals surface area contributed by atoms with Crippen molar-refractivity contribution in [3.05, 3.63) is 90.3 Å². The van der Waals surface area contributed by atoms with Crippen LogP contribution in [-0.2, 0) is 4.79 Å². The Morgan fingerprint density at radius 1 is 1.00 bits per heavy atom. The standard InChI is InChI=1S/C27H31N3O3/c1-32-23-12-10-21(11-13-23)26(25-9-5-6-16-28-25)29-27(31)22-14-17-30(18-15-22)19-20-33-24-7-3-2-4-8-24/h2-13,16,22,26H,14-15,17-20H2,1H3,(H,29,31)/t26-/m1/s1. The number of benzene rings is 2. The molecule has 1 aliphatic heterocycles. The van der Waals surface area contributed by atoms with Crippen molar-refractivity contribution in [3.8, 4) is 11.5 Å². The Hall–Kier alpha value is -3.38. The maximum atomic E-state index is 13.2. The van der Waals surface area contributed by atoms with E-state index in [0.29, 0.717) is 6.61 Å². The molecule has 1 atom stereocenters. The number of carbonyl (C=O) groups is 1. The van der Waals surface area contributed by atoms with Crippen LogP contribution in [-0.4, -0.2) is 49.1 Å². The summed E-state index contributed by atoms with van der Waals surface area (Å²) in [6, 6.07) is 23.1. The van der Waals surface area contributed by atoms with Crippen LogP contribution >= 0.6 is 0 Å². The summed E-state index contributed by atoms with van der Waals surface area (Å²) in [6.07, 6.45) is 3.44. The number of para-hydroxylation sites is 1. The van der Waals surface area contributed by atoms with Crippen LogP contribution in [0.3, 0.4) is 0 Å². The molecular formula is C27H31N3O3. The van der Waals surface area contributed by atoms with Gasteiger partial charge in [0.2, 0.25) is 5.91 Å². The Bertz CT molecular complexity index is 988. The van der Waals surface area contributed by atoms with Gasteiger partial charge in [-0.3, -0.25) is 14.7 Å². The van der Waals surface area contributed by atoms with Gasteiger partial charge in [-0.15, -0.1) is 0 Å². The van der Waals surface area contributed by atoms with Crippen LogP contribution in [0.1, 0.15) is 30.1 Å². The first kappa shape index (κ1) is 22.8. The van der Waals surface area contributed by atoms with Gasteiger partial charge < -0.3 is 14.8 Å². The highest BCUT2D eigenvalue weighted by Crippen LogP contribution is 2.25.